The lowest BCUT2D eigenvalue weighted by atomic mass is 10.3. The Balaban J connectivity index is 1.74. The maximum Gasteiger partial charge on any atom is 0.109 e. The summed E-state index contributed by atoms with van der Waals surface area (Å²) < 4.78 is 2.07. The molecule has 2 aromatic heterocycles. The van der Waals surface area contributed by atoms with Gasteiger partial charge in [0, 0.05) is 43.8 Å². The first-order valence-corrected chi connectivity index (χ1v) is 6.35. The van der Waals surface area contributed by atoms with Crippen molar-refractivity contribution in [2.75, 3.05) is 6.54 Å². The highest BCUT2D eigenvalue weighted by Gasteiger charge is 2.00. The molecule has 0 radical (unpaired) electrons. The molecule has 16 heavy (non-hydrogen) atoms. The molecule has 0 saturated heterocycles. The molecular formula is C12H17N3S. The van der Waals surface area contributed by atoms with Crippen LogP contribution in [0.1, 0.15) is 16.3 Å². The summed E-state index contributed by atoms with van der Waals surface area (Å²) in [5.41, 5.74) is 1.38. The Hall–Kier alpha value is -1.13. The van der Waals surface area contributed by atoms with Crippen molar-refractivity contribution in [3.05, 3.63) is 40.1 Å². The average Bonchev–Trinajstić information content (AvgIpc) is 2.84. The number of aromatic nitrogens is 2. The van der Waals surface area contributed by atoms with Crippen LogP contribution >= 0.6 is 11.3 Å². The highest BCUT2D eigenvalue weighted by molar-refractivity contribution is 7.10. The quantitative estimate of drug-likeness (QED) is 0.805. The molecule has 0 atom stereocenters. The molecule has 0 aromatic carbocycles. The molecule has 4 heteroatoms. The van der Waals surface area contributed by atoms with Crippen LogP contribution in [-0.2, 0) is 20.0 Å². The van der Waals surface area contributed by atoms with Gasteiger partial charge in [-0.05, 0) is 23.9 Å². The third-order valence-corrected chi connectivity index (χ3v) is 3.72. The van der Waals surface area contributed by atoms with Crippen molar-refractivity contribution in [3.63, 3.8) is 0 Å². The normalized spacial score (nSPS) is 10.9. The first-order chi connectivity index (χ1) is 7.77. The molecule has 0 aliphatic heterocycles. The molecule has 0 aliphatic rings. The lowest BCUT2D eigenvalue weighted by Crippen LogP contribution is -2.17. The van der Waals surface area contributed by atoms with E-state index < -0.39 is 0 Å². The number of aryl methyl sites for hydroxylation is 2. The lowest BCUT2D eigenvalue weighted by molar-refractivity contribution is 0.658. The van der Waals surface area contributed by atoms with E-state index in [1.54, 1.807) is 0 Å². The van der Waals surface area contributed by atoms with Crippen molar-refractivity contribution in [2.24, 2.45) is 7.05 Å². The third-order valence-electron chi connectivity index (χ3n) is 2.70. The number of nitrogens with zero attached hydrogens (tertiary/aromatic N) is 2. The molecule has 86 valence electrons. The molecule has 0 saturated carbocycles. The summed E-state index contributed by atoms with van der Waals surface area (Å²) in [7, 11) is 2.03. The predicted octanol–water partition coefficient (Wildman–Crippen LogP) is 2.12. The van der Waals surface area contributed by atoms with Gasteiger partial charge < -0.3 is 9.88 Å². The zero-order valence-corrected chi connectivity index (χ0v) is 10.5. The van der Waals surface area contributed by atoms with E-state index in [0.29, 0.717) is 0 Å². The largest absolute Gasteiger partial charge is 0.338 e. The van der Waals surface area contributed by atoms with Gasteiger partial charge in [-0.25, -0.2) is 4.98 Å². The minimum atomic E-state index is 0.966. The Bertz CT molecular complexity index is 402. The van der Waals surface area contributed by atoms with Gasteiger partial charge in [0.1, 0.15) is 5.82 Å². The van der Waals surface area contributed by atoms with E-state index in [2.05, 4.69) is 33.2 Å². The van der Waals surface area contributed by atoms with E-state index in [9.17, 15) is 0 Å². The molecule has 0 fully saturated rings. The Morgan fingerprint density at radius 1 is 1.50 bits per heavy atom. The Morgan fingerprint density at radius 3 is 3.00 bits per heavy atom. The van der Waals surface area contributed by atoms with Gasteiger partial charge in [0.25, 0.3) is 0 Å². The van der Waals surface area contributed by atoms with Gasteiger partial charge in [-0.2, -0.15) is 0 Å². The zero-order chi connectivity index (χ0) is 11.4. The molecule has 0 aliphatic carbocycles. The van der Waals surface area contributed by atoms with Crippen molar-refractivity contribution in [1.29, 1.82) is 0 Å². The van der Waals surface area contributed by atoms with E-state index in [1.807, 2.05) is 30.8 Å². The SMILES string of the molecule is Cc1ccsc1CNCCc1nccn1C. The summed E-state index contributed by atoms with van der Waals surface area (Å²) in [6.45, 7) is 4.10. The van der Waals surface area contributed by atoms with Crippen LogP contribution in [0.2, 0.25) is 0 Å². The minimum Gasteiger partial charge on any atom is -0.338 e. The molecule has 0 bridgehead atoms. The summed E-state index contributed by atoms with van der Waals surface area (Å²) in [6.07, 6.45) is 4.81. The molecule has 2 rings (SSSR count). The fourth-order valence-corrected chi connectivity index (χ4v) is 2.50. The molecule has 0 amide bonds. The smallest absolute Gasteiger partial charge is 0.109 e. The summed E-state index contributed by atoms with van der Waals surface area (Å²) in [6, 6.07) is 2.17. The Labute approximate surface area is 100 Å². The van der Waals surface area contributed by atoms with Crippen molar-refractivity contribution >= 4 is 11.3 Å². The van der Waals surface area contributed by atoms with E-state index >= 15 is 0 Å². The van der Waals surface area contributed by atoms with Gasteiger partial charge >= 0.3 is 0 Å². The number of hydrogen-bond acceptors (Lipinski definition) is 3. The van der Waals surface area contributed by atoms with Gasteiger partial charge in [0.15, 0.2) is 0 Å². The number of imidazole rings is 1. The van der Waals surface area contributed by atoms with Gasteiger partial charge in [0.05, 0.1) is 0 Å². The van der Waals surface area contributed by atoms with Crippen molar-refractivity contribution in [2.45, 2.75) is 19.9 Å². The monoisotopic (exact) mass is 235 g/mol. The highest BCUT2D eigenvalue weighted by atomic mass is 32.1. The second-order valence-electron chi connectivity index (χ2n) is 3.91. The Morgan fingerprint density at radius 2 is 2.38 bits per heavy atom. The van der Waals surface area contributed by atoms with E-state index in [4.69, 9.17) is 0 Å². The molecule has 3 nitrogen and oxygen atoms in total. The molecule has 0 spiro atoms. The predicted molar refractivity (Wildman–Crippen MR) is 67.7 cm³/mol. The van der Waals surface area contributed by atoms with Crippen molar-refractivity contribution < 1.29 is 0 Å². The van der Waals surface area contributed by atoms with Crippen LogP contribution in [0.5, 0.6) is 0 Å². The fraction of sp³-hybridized carbons (Fsp3) is 0.417. The van der Waals surface area contributed by atoms with Crippen LogP contribution in [0.3, 0.4) is 0 Å². The number of thiophene rings is 1. The second-order valence-corrected chi connectivity index (χ2v) is 4.91. The maximum atomic E-state index is 4.29. The standard InChI is InChI=1S/C12H17N3S/c1-10-4-8-16-11(10)9-13-5-3-12-14-6-7-15(12)2/h4,6-8,13H,3,5,9H2,1-2H3. The molecule has 0 unspecified atom stereocenters. The number of hydrogen-bond donors (Lipinski definition) is 1. The van der Waals surface area contributed by atoms with Crippen LogP contribution < -0.4 is 5.32 Å². The second kappa shape index (κ2) is 5.27. The molecule has 1 N–H and O–H groups in total. The number of rotatable bonds is 5. The summed E-state index contributed by atoms with van der Waals surface area (Å²) in [5, 5.41) is 5.60. The molecule has 2 heterocycles. The number of nitrogens with one attached hydrogen (secondary N) is 1. The van der Waals surface area contributed by atoms with Gasteiger partial charge in [-0.1, -0.05) is 0 Å². The molecular weight excluding hydrogens is 218 g/mol. The summed E-state index contributed by atoms with van der Waals surface area (Å²) >= 11 is 1.82. The Kier molecular flexibility index (Phi) is 3.74. The van der Waals surface area contributed by atoms with Gasteiger partial charge in [-0.15, -0.1) is 11.3 Å². The van der Waals surface area contributed by atoms with E-state index in [-0.39, 0.29) is 0 Å². The first kappa shape index (κ1) is 11.4. The van der Waals surface area contributed by atoms with Crippen LogP contribution in [0.4, 0.5) is 0 Å². The first-order valence-electron chi connectivity index (χ1n) is 5.47. The topological polar surface area (TPSA) is 29.9 Å². The highest BCUT2D eigenvalue weighted by Crippen LogP contribution is 2.14. The van der Waals surface area contributed by atoms with Gasteiger partial charge in [0.2, 0.25) is 0 Å². The van der Waals surface area contributed by atoms with Crippen molar-refractivity contribution in [3.8, 4) is 0 Å². The summed E-state index contributed by atoms with van der Waals surface area (Å²) in [4.78, 5) is 5.72. The van der Waals surface area contributed by atoms with Crippen LogP contribution in [0.15, 0.2) is 23.8 Å². The fourth-order valence-electron chi connectivity index (χ4n) is 1.62. The maximum absolute atomic E-state index is 4.29. The van der Waals surface area contributed by atoms with E-state index in [0.717, 1.165) is 25.3 Å². The lowest BCUT2D eigenvalue weighted by Gasteiger charge is -2.04. The zero-order valence-electron chi connectivity index (χ0n) is 9.73. The van der Waals surface area contributed by atoms with Gasteiger partial charge in [-0.3, -0.25) is 0 Å². The summed E-state index contributed by atoms with van der Waals surface area (Å²) in [5.74, 6) is 1.13. The minimum absolute atomic E-state index is 0.966. The van der Waals surface area contributed by atoms with Crippen molar-refractivity contribution in [1.82, 2.24) is 14.9 Å². The molecule has 2 aromatic rings. The van der Waals surface area contributed by atoms with Crippen LogP contribution in [0.25, 0.3) is 0 Å². The van der Waals surface area contributed by atoms with Crippen LogP contribution in [-0.4, -0.2) is 16.1 Å². The average molecular weight is 235 g/mol. The third kappa shape index (κ3) is 2.71. The van der Waals surface area contributed by atoms with E-state index in [1.165, 1.54) is 10.4 Å². The van der Waals surface area contributed by atoms with Crippen LogP contribution in [0, 0.1) is 6.92 Å².